The largest absolute Gasteiger partial charge is 0.374 e. The van der Waals surface area contributed by atoms with Crippen molar-refractivity contribution in [3.8, 4) is 0 Å². The fourth-order valence-electron chi connectivity index (χ4n) is 1.03. The van der Waals surface area contributed by atoms with Crippen LogP contribution in [0.25, 0.3) is 0 Å². The van der Waals surface area contributed by atoms with E-state index in [0.717, 1.165) is 13.1 Å². The molecule has 0 saturated carbocycles. The van der Waals surface area contributed by atoms with Crippen LogP contribution < -0.4 is 0 Å². The van der Waals surface area contributed by atoms with Crippen LogP contribution in [0.2, 0.25) is 0 Å². The van der Waals surface area contributed by atoms with E-state index in [-0.39, 0.29) is 0 Å². The van der Waals surface area contributed by atoms with Gasteiger partial charge in [-0.1, -0.05) is 6.42 Å². The third-order valence-corrected chi connectivity index (χ3v) is 1.55. The molecule has 0 aliphatic carbocycles. The van der Waals surface area contributed by atoms with Gasteiger partial charge in [0.1, 0.15) is 6.73 Å². The fourth-order valence-corrected chi connectivity index (χ4v) is 1.03. The number of likely N-dealkylation sites (tertiary alicyclic amines) is 1. The Bertz CT molecular complexity index is 59.5. The van der Waals surface area contributed by atoms with Gasteiger partial charge in [0.25, 0.3) is 0 Å². The molecule has 8 heavy (non-hydrogen) atoms. The molecule has 1 saturated heterocycles. The number of nitrogens with zero attached hydrogens (tertiary/aromatic N) is 1. The van der Waals surface area contributed by atoms with E-state index < -0.39 is 0 Å². The predicted octanol–water partition coefficient (Wildman–Crippen LogP) is 0.964. The van der Waals surface area contributed by atoms with Crippen LogP contribution in [0, 0.1) is 6.73 Å². The monoisotopic (exact) mass is 114 g/mol. The van der Waals surface area contributed by atoms with Crippen molar-refractivity contribution >= 4 is 0 Å². The normalized spacial score (nSPS) is 23.6. The highest BCUT2D eigenvalue weighted by molar-refractivity contribution is 4.64. The minimum atomic E-state index is 1.04. The minimum absolute atomic E-state index is 1.04. The zero-order valence-electron chi connectivity index (χ0n) is 5.01. The topological polar surface area (TPSA) is 23.5 Å². The van der Waals surface area contributed by atoms with Crippen LogP contribution in [0.5, 0.6) is 0 Å². The summed E-state index contributed by atoms with van der Waals surface area (Å²) in [5.74, 6) is 0. The molecular formula is C6H12NO. The summed E-state index contributed by atoms with van der Waals surface area (Å²) < 4.78 is 0. The van der Waals surface area contributed by atoms with E-state index in [1.54, 1.807) is 0 Å². The average molecular weight is 114 g/mol. The van der Waals surface area contributed by atoms with Crippen molar-refractivity contribution in [3.63, 3.8) is 0 Å². The van der Waals surface area contributed by atoms with Crippen molar-refractivity contribution in [3.05, 3.63) is 6.73 Å². The lowest BCUT2D eigenvalue weighted by atomic mass is 10.1. The maximum Gasteiger partial charge on any atom is 0.147 e. The highest BCUT2D eigenvalue weighted by Gasteiger charge is 2.07. The Labute approximate surface area is 50.1 Å². The predicted molar refractivity (Wildman–Crippen MR) is 31.7 cm³/mol. The molecule has 0 unspecified atom stereocenters. The van der Waals surface area contributed by atoms with Gasteiger partial charge < -0.3 is 5.11 Å². The molecule has 0 aromatic heterocycles. The first kappa shape index (κ1) is 6.05. The van der Waals surface area contributed by atoms with Crippen molar-refractivity contribution in [2.24, 2.45) is 0 Å². The standard InChI is InChI=1S/C6H12NO/c8-6-7-4-2-1-3-5-7/h6,8H,1-5H2. The lowest BCUT2D eigenvalue weighted by Crippen LogP contribution is -2.26. The molecule has 1 aliphatic rings. The molecular weight excluding hydrogens is 102 g/mol. The number of aliphatic hydroxyl groups excluding tert-OH is 1. The van der Waals surface area contributed by atoms with Crippen molar-refractivity contribution in [1.29, 1.82) is 0 Å². The van der Waals surface area contributed by atoms with Gasteiger partial charge >= 0.3 is 0 Å². The summed E-state index contributed by atoms with van der Waals surface area (Å²) in [4.78, 5) is 1.95. The maximum absolute atomic E-state index is 8.49. The number of rotatable bonds is 1. The first-order chi connectivity index (χ1) is 3.93. The van der Waals surface area contributed by atoms with Crippen LogP contribution in [0.1, 0.15) is 19.3 Å². The second-order valence-corrected chi connectivity index (χ2v) is 2.21. The Hall–Kier alpha value is -0.0800. The van der Waals surface area contributed by atoms with Crippen LogP contribution in [0.4, 0.5) is 0 Å². The van der Waals surface area contributed by atoms with E-state index >= 15 is 0 Å². The van der Waals surface area contributed by atoms with Crippen LogP contribution in [0.3, 0.4) is 0 Å². The van der Waals surface area contributed by atoms with Gasteiger partial charge in [0.05, 0.1) is 0 Å². The highest BCUT2D eigenvalue weighted by atomic mass is 16.3. The summed E-state index contributed by atoms with van der Waals surface area (Å²) in [5, 5.41) is 8.49. The SMILES string of the molecule is O[CH]N1CCCCC1. The van der Waals surface area contributed by atoms with Crippen LogP contribution >= 0.6 is 0 Å². The lowest BCUT2D eigenvalue weighted by molar-refractivity contribution is 0.162. The average Bonchev–Trinajstić information content (AvgIpc) is 1.90. The highest BCUT2D eigenvalue weighted by Crippen LogP contribution is 2.07. The molecule has 0 atom stereocenters. The molecule has 0 amide bonds. The number of hydrogen-bond acceptors (Lipinski definition) is 2. The van der Waals surface area contributed by atoms with E-state index in [0.29, 0.717) is 0 Å². The zero-order valence-corrected chi connectivity index (χ0v) is 5.01. The van der Waals surface area contributed by atoms with E-state index in [1.165, 1.54) is 26.0 Å². The molecule has 1 aliphatic heterocycles. The van der Waals surface area contributed by atoms with Gasteiger partial charge in [-0.25, -0.2) is 0 Å². The van der Waals surface area contributed by atoms with Crippen LogP contribution in [-0.2, 0) is 0 Å². The van der Waals surface area contributed by atoms with Gasteiger partial charge in [-0.15, -0.1) is 0 Å². The van der Waals surface area contributed by atoms with Crippen molar-refractivity contribution in [1.82, 2.24) is 4.90 Å². The Morgan fingerprint density at radius 3 is 2.12 bits per heavy atom. The number of piperidine rings is 1. The second-order valence-electron chi connectivity index (χ2n) is 2.21. The first-order valence-electron chi connectivity index (χ1n) is 3.15. The lowest BCUT2D eigenvalue weighted by Gasteiger charge is -2.22. The summed E-state index contributed by atoms with van der Waals surface area (Å²) in [6, 6.07) is 0. The molecule has 2 heteroatoms. The smallest absolute Gasteiger partial charge is 0.147 e. The van der Waals surface area contributed by atoms with Crippen LogP contribution in [-0.4, -0.2) is 23.1 Å². The maximum atomic E-state index is 8.49. The summed E-state index contributed by atoms with van der Waals surface area (Å²) in [5.41, 5.74) is 0. The molecule has 0 aromatic rings. The molecule has 47 valence electrons. The number of aliphatic hydroxyl groups is 1. The van der Waals surface area contributed by atoms with E-state index in [1.807, 2.05) is 4.90 Å². The summed E-state index contributed by atoms with van der Waals surface area (Å²) in [6.07, 6.45) is 3.79. The molecule has 0 bridgehead atoms. The van der Waals surface area contributed by atoms with E-state index in [4.69, 9.17) is 5.11 Å². The van der Waals surface area contributed by atoms with Gasteiger partial charge in [0.15, 0.2) is 0 Å². The van der Waals surface area contributed by atoms with Crippen molar-refractivity contribution in [2.45, 2.75) is 19.3 Å². The van der Waals surface area contributed by atoms with Gasteiger partial charge in [0, 0.05) is 13.1 Å². The Morgan fingerprint density at radius 1 is 1.12 bits per heavy atom. The Balaban J connectivity index is 2.13. The third kappa shape index (κ3) is 1.46. The molecule has 0 spiro atoms. The van der Waals surface area contributed by atoms with E-state index in [2.05, 4.69) is 0 Å². The second kappa shape index (κ2) is 3.05. The molecule has 0 aromatic carbocycles. The quantitative estimate of drug-likeness (QED) is 0.549. The van der Waals surface area contributed by atoms with E-state index in [9.17, 15) is 0 Å². The number of hydrogen-bond donors (Lipinski definition) is 1. The molecule has 1 radical (unpaired) electrons. The van der Waals surface area contributed by atoms with Crippen LogP contribution in [0.15, 0.2) is 0 Å². The minimum Gasteiger partial charge on any atom is -0.374 e. The Morgan fingerprint density at radius 2 is 1.75 bits per heavy atom. The van der Waals surface area contributed by atoms with Crippen molar-refractivity contribution < 1.29 is 5.11 Å². The molecule has 2 nitrogen and oxygen atoms in total. The summed E-state index contributed by atoms with van der Waals surface area (Å²) in [6.45, 7) is 3.27. The zero-order chi connectivity index (χ0) is 5.82. The van der Waals surface area contributed by atoms with Crippen molar-refractivity contribution in [2.75, 3.05) is 13.1 Å². The van der Waals surface area contributed by atoms with Gasteiger partial charge in [-0.3, -0.25) is 4.90 Å². The first-order valence-corrected chi connectivity index (χ1v) is 3.15. The van der Waals surface area contributed by atoms with Gasteiger partial charge in [-0.2, -0.15) is 0 Å². The molecule has 1 N–H and O–H groups in total. The third-order valence-electron chi connectivity index (χ3n) is 1.55. The van der Waals surface area contributed by atoms with Gasteiger partial charge in [-0.05, 0) is 12.8 Å². The fraction of sp³-hybridized carbons (Fsp3) is 0.833. The summed E-state index contributed by atoms with van der Waals surface area (Å²) >= 11 is 0. The molecule has 1 fully saturated rings. The van der Waals surface area contributed by atoms with Gasteiger partial charge in [0.2, 0.25) is 0 Å². The summed E-state index contributed by atoms with van der Waals surface area (Å²) in [7, 11) is 0. The molecule has 1 heterocycles. The molecule has 1 rings (SSSR count). The Kier molecular flexibility index (Phi) is 2.30.